The molecule has 1 aliphatic heterocycles. The van der Waals surface area contributed by atoms with Crippen LogP contribution in [0.4, 0.5) is 0 Å². The smallest absolute Gasteiger partial charge is 0.309 e. The number of rotatable bonds is 4. The quantitative estimate of drug-likeness (QED) is 0.640. The molecule has 0 saturated carbocycles. The molecule has 2 unspecified atom stereocenters. The van der Waals surface area contributed by atoms with Crippen molar-refractivity contribution in [2.45, 2.75) is 26.3 Å². The molecule has 0 aliphatic carbocycles. The zero-order valence-electron chi connectivity index (χ0n) is 11.1. The van der Waals surface area contributed by atoms with Gasteiger partial charge < -0.3 is 20.8 Å². The molecule has 0 radical (unpaired) electrons. The average molecular weight is 272 g/mol. The number of piperidine rings is 1. The van der Waals surface area contributed by atoms with Crippen LogP contribution in [0, 0.1) is 17.8 Å². The molecule has 0 spiro atoms. The Morgan fingerprint density at radius 3 is 2.11 bits per heavy atom. The fraction of sp³-hybridized carbons (Fsp3) is 0.750. The lowest BCUT2D eigenvalue weighted by Crippen LogP contribution is -2.54. The van der Waals surface area contributed by atoms with Gasteiger partial charge in [-0.2, -0.15) is 0 Å². The zero-order chi connectivity index (χ0) is 14.7. The second kappa shape index (κ2) is 6.01. The normalized spacial score (nSPS) is 25.2. The van der Waals surface area contributed by atoms with Gasteiger partial charge in [-0.25, -0.2) is 0 Å². The summed E-state index contributed by atoms with van der Waals surface area (Å²) >= 11 is 0. The summed E-state index contributed by atoms with van der Waals surface area (Å²) in [5.41, 5.74) is 5.75. The van der Waals surface area contributed by atoms with Gasteiger partial charge in [0.25, 0.3) is 0 Å². The minimum atomic E-state index is -1.19. The number of hydrogen-bond donors (Lipinski definition) is 3. The van der Waals surface area contributed by atoms with Gasteiger partial charge in [0.2, 0.25) is 5.91 Å². The Kier molecular flexibility index (Phi) is 4.88. The summed E-state index contributed by atoms with van der Waals surface area (Å²) in [6, 6.07) is -0.684. The van der Waals surface area contributed by atoms with E-state index >= 15 is 0 Å². The van der Waals surface area contributed by atoms with Crippen LogP contribution in [0.2, 0.25) is 0 Å². The molecular weight excluding hydrogens is 252 g/mol. The van der Waals surface area contributed by atoms with Gasteiger partial charge in [0.05, 0.1) is 17.9 Å². The van der Waals surface area contributed by atoms with Gasteiger partial charge in [-0.3, -0.25) is 14.4 Å². The van der Waals surface area contributed by atoms with Crippen LogP contribution in [0.5, 0.6) is 0 Å². The van der Waals surface area contributed by atoms with Crippen LogP contribution < -0.4 is 5.73 Å². The molecule has 1 rings (SSSR count). The maximum Gasteiger partial charge on any atom is 0.309 e. The van der Waals surface area contributed by atoms with Crippen LogP contribution in [0.3, 0.4) is 0 Å². The Labute approximate surface area is 111 Å². The Hall–Kier alpha value is -1.63. The zero-order valence-corrected chi connectivity index (χ0v) is 11.1. The van der Waals surface area contributed by atoms with E-state index in [4.69, 9.17) is 15.9 Å². The number of carbonyl (C=O) groups excluding carboxylic acids is 1. The summed E-state index contributed by atoms with van der Waals surface area (Å²) in [7, 11) is 0. The van der Waals surface area contributed by atoms with Crippen LogP contribution in [0.25, 0.3) is 0 Å². The Balaban J connectivity index is 2.79. The first kappa shape index (κ1) is 15.4. The molecule has 1 fully saturated rings. The number of aliphatic carboxylic acids is 2. The molecule has 7 heteroatoms. The highest BCUT2D eigenvalue weighted by atomic mass is 16.4. The van der Waals surface area contributed by atoms with Crippen LogP contribution in [-0.4, -0.2) is 52.1 Å². The Bertz CT molecular complexity index is 382. The third kappa shape index (κ3) is 3.44. The van der Waals surface area contributed by atoms with Gasteiger partial charge in [0.1, 0.15) is 0 Å². The lowest BCUT2D eigenvalue weighted by molar-refractivity contribution is -0.159. The summed E-state index contributed by atoms with van der Waals surface area (Å²) in [6.07, 6.45) is 0.142. The summed E-state index contributed by atoms with van der Waals surface area (Å²) < 4.78 is 0. The average Bonchev–Trinajstić information content (AvgIpc) is 2.35. The molecule has 1 saturated heterocycles. The minimum absolute atomic E-state index is 0.0482. The predicted molar refractivity (Wildman–Crippen MR) is 66.3 cm³/mol. The van der Waals surface area contributed by atoms with E-state index in [0.717, 1.165) is 0 Å². The Morgan fingerprint density at radius 2 is 1.68 bits per heavy atom. The molecule has 7 nitrogen and oxygen atoms in total. The third-order valence-corrected chi connectivity index (χ3v) is 3.56. The van der Waals surface area contributed by atoms with Crippen molar-refractivity contribution in [3.05, 3.63) is 0 Å². The molecule has 0 aromatic carbocycles. The molecule has 0 bridgehead atoms. The number of likely N-dealkylation sites (tertiary alicyclic amines) is 1. The van der Waals surface area contributed by atoms with Crippen molar-refractivity contribution in [1.29, 1.82) is 0 Å². The highest BCUT2D eigenvalue weighted by molar-refractivity contribution is 5.85. The molecule has 1 aliphatic rings. The van der Waals surface area contributed by atoms with Gasteiger partial charge in [-0.05, 0) is 12.3 Å². The van der Waals surface area contributed by atoms with E-state index in [0.29, 0.717) is 0 Å². The van der Waals surface area contributed by atoms with E-state index in [1.165, 1.54) is 4.90 Å². The van der Waals surface area contributed by atoms with Gasteiger partial charge in [-0.1, -0.05) is 13.8 Å². The lowest BCUT2D eigenvalue weighted by atomic mass is 9.85. The fourth-order valence-electron chi connectivity index (χ4n) is 2.19. The van der Waals surface area contributed by atoms with Crippen molar-refractivity contribution >= 4 is 17.8 Å². The van der Waals surface area contributed by atoms with Crippen LogP contribution in [-0.2, 0) is 14.4 Å². The Morgan fingerprint density at radius 1 is 1.16 bits per heavy atom. The highest BCUT2D eigenvalue weighted by Crippen LogP contribution is 2.25. The van der Waals surface area contributed by atoms with Crippen molar-refractivity contribution in [3.8, 4) is 0 Å². The van der Waals surface area contributed by atoms with Gasteiger partial charge >= 0.3 is 11.9 Å². The topological polar surface area (TPSA) is 121 Å². The number of amides is 1. The molecular formula is C12H20N2O5. The minimum Gasteiger partial charge on any atom is -0.481 e. The summed E-state index contributed by atoms with van der Waals surface area (Å²) in [4.78, 5) is 35.5. The second-order valence-corrected chi connectivity index (χ2v) is 5.23. The maximum atomic E-state index is 12.0. The van der Waals surface area contributed by atoms with Crippen molar-refractivity contribution in [3.63, 3.8) is 0 Å². The van der Waals surface area contributed by atoms with E-state index < -0.39 is 29.8 Å². The lowest BCUT2D eigenvalue weighted by Gasteiger charge is -2.36. The van der Waals surface area contributed by atoms with Crippen molar-refractivity contribution < 1.29 is 24.6 Å². The van der Waals surface area contributed by atoms with Gasteiger partial charge in [-0.15, -0.1) is 0 Å². The van der Waals surface area contributed by atoms with Crippen LogP contribution >= 0.6 is 0 Å². The summed E-state index contributed by atoms with van der Waals surface area (Å²) in [5.74, 6) is -4.71. The van der Waals surface area contributed by atoms with E-state index in [9.17, 15) is 14.4 Å². The predicted octanol–water partition coefficient (Wildman–Crippen LogP) is -0.396. The summed E-state index contributed by atoms with van der Waals surface area (Å²) in [5, 5.41) is 18.1. The third-order valence-electron chi connectivity index (χ3n) is 3.56. The maximum absolute atomic E-state index is 12.0. The number of carboxylic acids is 2. The first-order valence-corrected chi connectivity index (χ1v) is 6.25. The first-order valence-electron chi connectivity index (χ1n) is 6.25. The second-order valence-electron chi connectivity index (χ2n) is 5.23. The number of hydrogen-bond acceptors (Lipinski definition) is 4. The van der Waals surface area contributed by atoms with Crippen molar-refractivity contribution in [2.75, 3.05) is 13.1 Å². The fourth-order valence-corrected chi connectivity index (χ4v) is 2.19. The standard InChI is InChI=1S/C12H20N2O5/c1-6(2)9(13)10(15)14-4-3-7(11(16)17)8(5-14)12(18)19/h6-9H,3-5,13H2,1-2H3,(H,16,17)(H,18,19)/t7?,8?,9-/m1/s1. The van der Waals surface area contributed by atoms with Gasteiger partial charge in [0.15, 0.2) is 0 Å². The number of carbonyl (C=O) groups is 3. The SMILES string of the molecule is CC(C)[C@@H](N)C(=O)N1CCC(C(=O)O)C(C(=O)O)C1. The number of carboxylic acid groups (broad SMARTS) is 2. The van der Waals surface area contributed by atoms with Crippen molar-refractivity contribution in [2.24, 2.45) is 23.5 Å². The van der Waals surface area contributed by atoms with E-state index in [1.54, 1.807) is 13.8 Å². The van der Waals surface area contributed by atoms with E-state index in [2.05, 4.69) is 0 Å². The molecule has 1 heterocycles. The first-order chi connectivity index (χ1) is 8.75. The molecule has 4 N–H and O–H groups in total. The van der Waals surface area contributed by atoms with Crippen LogP contribution in [0.1, 0.15) is 20.3 Å². The molecule has 108 valence electrons. The summed E-state index contributed by atoms with van der Waals surface area (Å²) in [6.45, 7) is 3.76. The van der Waals surface area contributed by atoms with Crippen LogP contribution in [0.15, 0.2) is 0 Å². The van der Waals surface area contributed by atoms with E-state index in [-0.39, 0.29) is 31.3 Å². The molecule has 0 aromatic rings. The highest BCUT2D eigenvalue weighted by Gasteiger charge is 2.41. The molecule has 19 heavy (non-hydrogen) atoms. The van der Waals surface area contributed by atoms with Crippen molar-refractivity contribution in [1.82, 2.24) is 4.90 Å². The van der Waals surface area contributed by atoms with Gasteiger partial charge in [0, 0.05) is 13.1 Å². The van der Waals surface area contributed by atoms with E-state index in [1.807, 2.05) is 0 Å². The number of nitrogens with zero attached hydrogens (tertiary/aromatic N) is 1. The molecule has 3 atom stereocenters. The molecule has 0 aromatic heterocycles. The largest absolute Gasteiger partial charge is 0.481 e. The monoisotopic (exact) mass is 272 g/mol. The molecule has 1 amide bonds. The number of nitrogens with two attached hydrogens (primary N) is 1.